The first-order valence-corrected chi connectivity index (χ1v) is 8.13. The third-order valence-electron chi connectivity index (χ3n) is 4.81. The highest BCUT2D eigenvalue weighted by atomic mass is 16.2. The van der Waals surface area contributed by atoms with E-state index in [9.17, 15) is 9.59 Å². The lowest BCUT2D eigenvalue weighted by molar-refractivity contribution is -0.157. The molecule has 1 spiro atoms. The average Bonchev–Trinajstić information content (AvgIpc) is 2.88. The molecule has 2 amide bonds. The summed E-state index contributed by atoms with van der Waals surface area (Å²) in [7, 11) is 0. The number of rotatable bonds is 5. The summed E-state index contributed by atoms with van der Waals surface area (Å²) in [6.07, 6.45) is 6.57. The topological polar surface area (TPSA) is 49.4 Å². The molecule has 1 unspecified atom stereocenters. The van der Waals surface area contributed by atoms with Gasteiger partial charge in [-0.05, 0) is 38.0 Å². The molecule has 1 aliphatic carbocycles. The van der Waals surface area contributed by atoms with Crippen LogP contribution in [0.2, 0.25) is 0 Å². The SMILES string of the molecule is CCC1NC(=O)C2(CCCC2)N(CCCC(C)C)C1=O. The smallest absolute Gasteiger partial charge is 0.246 e. The van der Waals surface area contributed by atoms with Gasteiger partial charge in [0.25, 0.3) is 0 Å². The van der Waals surface area contributed by atoms with E-state index in [-0.39, 0.29) is 17.9 Å². The number of hydrogen-bond acceptors (Lipinski definition) is 2. The summed E-state index contributed by atoms with van der Waals surface area (Å²) >= 11 is 0. The lowest BCUT2D eigenvalue weighted by atomic mass is 9.88. The van der Waals surface area contributed by atoms with Gasteiger partial charge in [-0.1, -0.05) is 33.6 Å². The highest BCUT2D eigenvalue weighted by Crippen LogP contribution is 2.38. The molecule has 114 valence electrons. The highest BCUT2D eigenvalue weighted by molar-refractivity contribution is 6.00. The first kappa shape index (κ1) is 15.3. The molecule has 2 aliphatic rings. The first-order valence-electron chi connectivity index (χ1n) is 8.13. The monoisotopic (exact) mass is 280 g/mol. The Labute approximate surface area is 122 Å². The van der Waals surface area contributed by atoms with Crippen molar-refractivity contribution in [2.45, 2.75) is 77.3 Å². The molecule has 2 fully saturated rings. The number of piperazine rings is 1. The van der Waals surface area contributed by atoms with Crippen LogP contribution in [0, 0.1) is 5.92 Å². The normalized spacial score (nSPS) is 25.6. The summed E-state index contributed by atoms with van der Waals surface area (Å²) in [5.74, 6) is 0.869. The van der Waals surface area contributed by atoms with Gasteiger partial charge in [-0.15, -0.1) is 0 Å². The van der Waals surface area contributed by atoms with Crippen molar-refractivity contribution in [2.24, 2.45) is 5.92 Å². The zero-order valence-corrected chi connectivity index (χ0v) is 13.1. The Bertz CT molecular complexity index is 373. The van der Waals surface area contributed by atoms with Crippen LogP contribution in [0.3, 0.4) is 0 Å². The molecule has 1 atom stereocenters. The Balaban J connectivity index is 2.15. The van der Waals surface area contributed by atoms with Crippen molar-refractivity contribution in [3.63, 3.8) is 0 Å². The third-order valence-corrected chi connectivity index (χ3v) is 4.81. The van der Waals surface area contributed by atoms with Crippen LogP contribution in [0.15, 0.2) is 0 Å². The van der Waals surface area contributed by atoms with E-state index in [0.717, 1.165) is 45.1 Å². The zero-order chi connectivity index (χ0) is 14.8. The molecule has 1 saturated carbocycles. The summed E-state index contributed by atoms with van der Waals surface area (Å²) in [4.78, 5) is 27.1. The van der Waals surface area contributed by atoms with Gasteiger partial charge < -0.3 is 10.2 Å². The molecular formula is C16H28N2O2. The van der Waals surface area contributed by atoms with E-state index >= 15 is 0 Å². The predicted octanol–water partition coefficient (Wildman–Crippen LogP) is 2.47. The van der Waals surface area contributed by atoms with Crippen molar-refractivity contribution in [1.82, 2.24) is 10.2 Å². The highest BCUT2D eigenvalue weighted by Gasteiger charge is 2.52. The van der Waals surface area contributed by atoms with Gasteiger partial charge in [-0.3, -0.25) is 9.59 Å². The molecule has 0 aromatic carbocycles. The fraction of sp³-hybridized carbons (Fsp3) is 0.875. The Kier molecular flexibility index (Phi) is 4.71. The number of nitrogens with zero attached hydrogens (tertiary/aromatic N) is 1. The predicted molar refractivity (Wildman–Crippen MR) is 79.2 cm³/mol. The summed E-state index contributed by atoms with van der Waals surface area (Å²) in [6, 6.07) is -0.312. The number of nitrogens with one attached hydrogen (secondary N) is 1. The van der Waals surface area contributed by atoms with Crippen LogP contribution < -0.4 is 5.32 Å². The standard InChI is InChI=1S/C16H28N2O2/c1-4-13-14(19)18(11-7-8-12(2)3)16(15(20)17-13)9-5-6-10-16/h12-13H,4-11H2,1-3H3,(H,17,20). The van der Waals surface area contributed by atoms with Crippen LogP contribution in [0.1, 0.15) is 65.7 Å². The van der Waals surface area contributed by atoms with Crippen molar-refractivity contribution in [1.29, 1.82) is 0 Å². The molecule has 0 aromatic rings. The quantitative estimate of drug-likeness (QED) is 0.841. The number of carbonyl (C=O) groups excluding carboxylic acids is 2. The lowest BCUT2D eigenvalue weighted by Gasteiger charge is -2.46. The molecule has 1 saturated heterocycles. The molecule has 1 heterocycles. The van der Waals surface area contributed by atoms with Gasteiger partial charge in [0.05, 0.1) is 0 Å². The maximum absolute atomic E-state index is 12.7. The maximum atomic E-state index is 12.7. The second-order valence-electron chi connectivity index (χ2n) is 6.70. The summed E-state index contributed by atoms with van der Waals surface area (Å²) in [6.45, 7) is 7.10. The van der Waals surface area contributed by atoms with E-state index in [0.29, 0.717) is 12.3 Å². The number of carbonyl (C=O) groups is 2. The summed E-state index contributed by atoms with van der Waals surface area (Å²) in [5.41, 5.74) is -0.528. The molecule has 4 heteroatoms. The maximum Gasteiger partial charge on any atom is 0.246 e. The Hall–Kier alpha value is -1.06. The molecule has 4 nitrogen and oxygen atoms in total. The summed E-state index contributed by atoms with van der Waals surface area (Å²) < 4.78 is 0. The van der Waals surface area contributed by atoms with Crippen LogP contribution in [0.5, 0.6) is 0 Å². The van der Waals surface area contributed by atoms with Gasteiger partial charge in [0.2, 0.25) is 11.8 Å². The Morgan fingerprint density at radius 1 is 1.30 bits per heavy atom. The molecule has 0 radical (unpaired) electrons. The number of hydrogen-bond donors (Lipinski definition) is 1. The minimum atomic E-state index is -0.528. The molecular weight excluding hydrogens is 252 g/mol. The average molecular weight is 280 g/mol. The lowest BCUT2D eigenvalue weighted by Crippen LogP contribution is -2.69. The largest absolute Gasteiger partial charge is 0.342 e. The molecule has 1 aliphatic heterocycles. The van der Waals surface area contributed by atoms with Crippen LogP contribution in [0.4, 0.5) is 0 Å². The van der Waals surface area contributed by atoms with E-state index in [2.05, 4.69) is 19.2 Å². The molecule has 20 heavy (non-hydrogen) atoms. The molecule has 0 aromatic heterocycles. The van der Waals surface area contributed by atoms with Crippen molar-refractivity contribution < 1.29 is 9.59 Å². The van der Waals surface area contributed by atoms with E-state index in [1.54, 1.807) is 0 Å². The fourth-order valence-corrected chi connectivity index (χ4v) is 3.59. The van der Waals surface area contributed by atoms with Crippen molar-refractivity contribution >= 4 is 11.8 Å². The van der Waals surface area contributed by atoms with E-state index < -0.39 is 5.54 Å². The summed E-state index contributed by atoms with van der Waals surface area (Å²) in [5, 5.41) is 2.95. The van der Waals surface area contributed by atoms with Gasteiger partial charge >= 0.3 is 0 Å². The van der Waals surface area contributed by atoms with Gasteiger partial charge in [-0.25, -0.2) is 0 Å². The van der Waals surface area contributed by atoms with E-state index in [1.165, 1.54) is 0 Å². The zero-order valence-electron chi connectivity index (χ0n) is 13.1. The Morgan fingerprint density at radius 2 is 1.95 bits per heavy atom. The third kappa shape index (κ3) is 2.70. The van der Waals surface area contributed by atoms with E-state index in [4.69, 9.17) is 0 Å². The fourth-order valence-electron chi connectivity index (χ4n) is 3.59. The minimum Gasteiger partial charge on any atom is -0.342 e. The number of amides is 2. The van der Waals surface area contributed by atoms with Crippen molar-refractivity contribution in [2.75, 3.05) is 6.54 Å². The molecule has 0 bridgehead atoms. The van der Waals surface area contributed by atoms with Gasteiger partial charge in [0.15, 0.2) is 0 Å². The van der Waals surface area contributed by atoms with Crippen LogP contribution in [-0.4, -0.2) is 34.8 Å². The van der Waals surface area contributed by atoms with Crippen LogP contribution in [-0.2, 0) is 9.59 Å². The van der Waals surface area contributed by atoms with Gasteiger partial charge in [0.1, 0.15) is 11.6 Å². The van der Waals surface area contributed by atoms with E-state index in [1.807, 2.05) is 11.8 Å². The second-order valence-corrected chi connectivity index (χ2v) is 6.70. The second kappa shape index (κ2) is 6.15. The van der Waals surface area contributed by atoms with Gasteiger partial charge in [0, 0.05) is 6.54 Å². The first-order chi connectivity index (χ1) is 9.51. The molecule has 1 N–H and O–H groups in total. The van der Waals surface area contributed by atoms with Crippen LogP contribution in [0.25, 0.3) is 0 Å². The Morgan fingerprint density at radius 3 is 2.50 bits per heavy atom. The van der Waals surface area contributed by atoms with Gasteiger partial charge in [-0.2, -0.15) is 0 Å². The van der Waals surface area contributed by atoms with Crippen molar-refractivity contribution in [3.8, 4) is 0 Å². The van der Waals surface area contributed by atoms with Crippen LogP contribution >= 0.6 is 0 Å². The van der Waals surface area contributed by atoms with Crippen molar-refractivity contribution in [3.05, 3.63) is 0 Å². The molecule has 2 rings (SSSR count). The minimum absolute atomic E-state index is 0.0889.